The number of aryl methyl sites for hydroxylation is 1. The van der Waals surface area contributed by atoms with Crippen LogP contribution in [0.3, 0.4) is 0 Å². The highest BCUT2D eigenvalue weighted by atomic mass is 16.3. The third-order valence-electron chi connectivity index (χ3n) is 4.78. The summed E-state index contributed by atoms with van der Waals surface area (Å²) in [6.07, 6.45) is 2.16. The standard InChI is InChI=1S/C21H28N4O/c1-22-21(23-13-7-10-18-8-3-2-4-9-18)25-16-14-24(15-17-25)19-11-5-6-12-20(19)26/h2-6,8-9,11-12,26H,7,10,13-17H2,1H3,(H,22,23). The van der Waals surface area contributed by atoms with Crippen LogP contribution in [0.2, 0.25) is 0 Å². The van der Waals surface area contributed by atoms with E-state index in [0.717, 1.165) is 57.2 Å². The normalized spacial score (nSPS) is 15.2. The SMILES string of the molecule is CN=C(NCCCc1ccccc1)N1CCN(c2ccccc2O)CC1. The number of anilines is 1. The molecule has 0 saturated carbocycles. The number of nitrogens with one attached hydrogen (secondary N) is 1. The van der Waals surface area contributed by atoms with Crippen molar-refractivity contribution in [1.82, 2.24) is 10.2 Å². The number of guanidine groups is 1. The molecule has 0 atom stereocenters. The smallest absolute Gasteiger partial charge is 0.193 e. The zero-order valence-electron chi connectivity index (χ0n) is 15.4. The Morgan fingerprint density at radius 3 is 2.38 bits per heavy atom. The monoisotopic (exact) mass is 352 g/mol. The number of aromatic hydroxyl groups is 1. The summed E-state index contributed by atoms with van der Waals surface area (Å²) >= 11 is 0. The number of phenols is 1. The minimum absolute atomic E-state index is 0.351. The van der Waals surface area contributed by atoms with Crippen molar-refractivity contribution in [3.05, 3.63) is 60.2 Å². The predicted octanol–water partition coefficient (Wildman–Crippen LogP) is 2.72. The van der Waals surface area contributed by atoms with E-state index in [1.165, 1.54) is 5.56 Å². The van der Waals surface area contributed by atoms with Gasteiger partial charge in [-0.3, -0.25) is 4.99 Å². The minimum atomic E-state index is 0.351. The number of hydrogen-bond acceptors (Lipinski definition) is 3. The molecule has 2 aromatic rings. The number of benzene rings is 2. The lowest BCUT2D eigenvalue weighted by atomic mass is 10.1. The maximum absolute atomic E-state index is 10.0. The van der Waals surface area contributed by atoms with Crippen molar-refractivity contribution < 1.29 is 5.11 Å². The molecule has 0 unspecified atom stereocenters. The van der Waals surface area contributed by atoms with Crippen LogP contribution in [0.25, 0.3) is 0 Å². The molecular weight excluding hydrogens is 324 g/mol. The Kier molecular flexibility index (Phi) is 6.36. The van der Waals surface area contributed by atoms with E-state index < -0.39 is 0 Å². The number of aliphatic imine (C=N–C) groups is 1. The highest BCUT2D eigenvalue weighted by molar-refractivity contribution is 5.80. The molecule has 0 aliphatic carbocycles. The highest BCUT2D eigenvalue weighted by Gasteiger charge is 2.21. The lowest BCUT2D eigenvalue weighted by molar-refractivity contribution is 0.369. The van der Waals surface area contributed by atoms with Crippen LogP contribution in [-0.4, -0.2) is 55.7 Å². The second-order valence-electron chi connectivity index (χ2n) is 6.53. The zero-order chi connectivity index (χ0) is 18.2. The van der Waals surface area contributed by atoms with Crippen LogP contribution in [0.4, 0.5) is 5.69 Å². The van der Waals surface area contributed by atoms with Crippen LogP contribution >= 0.6 is 0 Å². The summed E-state index contributed by atoms with van der Waals surface area (Å²) in [6.45, 7) is 4.46. The largest absolute Gasteiger partial charge is 0.506 e. The first-order valence-electron chi connectivity index (χ1n) is 9.30. The quantitative estimate of drug-likeness (QED) is 0.494. The van der Waals surface area contributed by atoms with Crippen molar-refractivity contribution in [3.8, 4) is 5.75 Å². The van der Waals surface area contributed by atoms with Gasteiger partial charge >= 0.3 is 0 Å². The third kappa shape index (κ3) is 4.69. The molecule has 5 nitrogen and oxygen atoms in total. The van der Waals surface area contributed by atoms with Crippen LogP contribution in [0, 0.1) is 0 Å². The second-order valence-corrected chi connectivity index (χ2v) is 6.53. The van der Waals surface area contributed by atoms with Crippen molar-refractivity contribution in [3.63, 3.8) is 0 Å². The summed E-state index contributed by atoms with van der Waals surface area (Å²) in [5, 5.41) is 13.5. The topological polar surface area (TPSA) is 51.1 Å². The van der Waals surface area contributed by atoms with Gasteiger partial charge in [-0.15, -0.1) is 0 Å². The van der Waals surface area contributed by atoms with Crippen molar-refractivity contribution >= 4 is 11.6 Å². The van der Waals surface area contributed by atoms with Gasteiger partial charge in [0.25, 0.3) is 0 Å². The molecule has 26 heavy (non-hydrogen) atoms. The molecule has 0 bridgehead atoms. The van der Waals surface area contributed by atoms with Crippen LogP contribution in [0.5, 0.6) is 5.75 Å². The van der Waals surface area contributed by atoms with Crippen molar-refractivity contribution in [2.75, 3.05) is 44.7 Å². The Labute approximate surface area is 156 Å². The number of piperazine rings is 1. The Hall–Kier alpha value is -2.69. The van der Waals surface area contributed by atoms with Crippen LogP contribution in [0.1, 0.15) is 12.0 Å². The van der Waals surface area contributed by atoms with Gasteiger partial charge in [-0.1, -0.05) is 42.5 Å². The van der Waals surface area contributed by atoms with Gasteiger partial charge in [-0.25, -0.2) is 0 Å². The summed E-state index contributed by atoms with van der Waals surface area (Å²) < 4.78 is 0. The van der Waals surface area contributed by atoms with Gasteiger partial charge in [0.05, 0.1) is 5.69 Å². The molecule has 138 valence electrons. The summed E-state index contributed by atoms with van der Waals surface area (Å²) in [7, 11) is 1.84. The number of rotatable bonds is 5. The average molecular weight is 352 g/mol. The van der Waals surface area contributed by atoms with E-state index in [-0.39, 0.29) is 0 Å². The van der Waals surface area contributed by atoms with Gasteiger partial charge in [0.2, 0.25) is 0 Å². The van der Waals surface area contributed by atoms with E-state index >= 15 is 0 Å². The Balaban J connectivity index is 1.44. The molecule has 3 rings (SSSR count). The van der Waals surface area contributed by atoms with Crippen LogP contribution in [-0.2, 0) is 6.42 Å². The molecule has 2 N–H and O–H groups in total. The average Bonchev–Trinajstić information content (AvgIpc) is 2.70. The van der Waals surface area contributed by atoms with Gasteiger partial charge < -0.3 is 20.2 Å². The van der Waals surface area contributed by atoms with Gasteiger partial charge in [0, 0.05) is 39.8 Å². The van der Waals surface area contributed by atoms with E-state index in [0.29, 0.717) is 5.75 Å². The number of hydrogen-bond donors (Lipinski definition) is 2. The number of nitrogens with zero attached hydrogens (tertiary/aromatic N) is 3. The summed E-state index contributed by atoms with van der Waals surface area (Å²) in [6, 6.07) is 18.1. The molecule has 1 aliphatic rings. The fourth-order valence-electron chi connectivity index (χ4n) is 3.36. The van der Waals surface area contributed by atoms with Crippen molar-refractivity contribution in [2.24, 2.45) is 4.99 Å². The molecular formula is C21H28N4O. The lowest BCUT2D eigenvalue weighted by Crippen LogP contribution is -2.52. The minimum Gasteiger partial charge on any atom is -0.506 e. The van der Waals surface area contributed by atoms with E-state index in [4.69, 9.17) is 0 Å². The lowest BCUT2D eigenvalue weighted by Gasteiger charge is -2.37. The number of phenolic OH excluding ortho intramolecular Hbond substituents is 1. The van der Waals surface area contributed by atoms with Gasteiger partial charge in [-0.2, -0.15) is 0 Å². The third-order valence-corrected chi connectivity index (χ3v) is 4.78. The van der Waals surface area contributed by atoms with Gasteiger partial charge in [0.1, 0.15) is 5.75 Å². The van der Waals surface area contributed by atoms with E-state index in [1.54, 1.807) is 6.07 Å². The zero-order valence-corrected chi connectivity index (χ0v) is 15.4. The first-order valence-corrected chi connectivity index (χ1v) is 9.30. The highest BCUT2D eigenvalue weighted by Crippen LogP contribution is 2.27. The fourth-order valence-corrected chi connectivity index (χ4v) is 3.36. The maximum atomic E-state index is 10.0. The van der Waals surface area contributed by atoms with Gasteiger partial charge in [0.15, 0.2) is 5.96 Å². The fraction of sp³-hybridized carbons (Fsp3) is 0.381. The van der Waals surface area contributed by atoms with Gasteiger partial charge in [-0.05, 0) is 30.5 Å². The molecule has 0 aromatic heterocycles. The first-order chi connectivity index (χ1) is 12.8. The van der Waals surface area contributed by atoms with E-state index in [2.05, 4.69) is 50.4 Å². The molecule has 0 amide bonds. The Morgan fingerprint density at radius 2 is 1.69 bits per heavy atom. The van der Waals surface area contributed by atoms with Crippen molar-refractivity contribution in [2.45, 2.75) is 12.8 Å². The predicted molar refractivity (Wildman–Crippen MR) is 108 cm³/mol. The molecule has 1 heterocycles. The molecule has 5 heteroatoms. The molecule has 1 aliphatic heterocycles. The van der Waals surface area contributed by atoms with E-state index in [9.17, 15) is 5.11 Å². The summed E-state index contributed by atoms with van der Waals surface area (Å²) in [4.78, 5) is 8.96. The number of para-hydroxylation sites is 2. The molecule has 2 aromatic carbocycles. The Morgan fingerprint density at radius 1 is 1.00 bits per heavy atom. The van der Waals surface area contributed by atoms with Crippen LogP contribution in [0.15, 0.2) is 59.6 Å². The van der Waals surface area contributed by atoms with Crippen molar-refractivity contribution in [1.29, 1.82) is 0 Å². The molecule has 0 spiro atoms. The second kappa shape index (κ2) is 9.13. The summed E-state index contributed by atoms with van der Waals surface area (Å²) in [5.74, 6) is 1.32. The molecule has 1 fully saturated rings. The first kappa shape index (κ1) is 18.1. The van der Waals surface area contributed by atoms with E-state index in [1.807, 2.05) is 25.2 Å². The Bertz CT molecular complexity index is 709. The molecule has 0 radical (unpaired) electrons. The van der Waals surface area contributed by atoms with Crippen LogP contribution < -0.4 is 10.2 Å². The molecule has 1 saturated heterocycles. The maximum Gasteiger partial charge on any atom is 0.193 e. The summed E-state index contributed by atoms with van der Waals surface area (Å²) in [5.41, 5.74) is 2.29.